The Hall–Kier alpha value is -3.32. The van der Waals surface area contributed by atoms with E-state index in [1.807, 2.05) is 19.9 Å². The SMILES string of the molecule is CCOc1ccc(/C=C2\C(=O)N(c3ccc(Cl)c(C(=O)O)c3)N=C2C)cc1OCC. The molecule has 1 amide bonds. The number of hydrazone groups is 1. The average Bonchev–Trinajstić information content (AvgIpc) is 2.98. The minimum atomic E-state index is -1.18. The normalized spacial score (nSPS) is 14.8. The van der Waals surface area contributed by atoms with Crippen molar-refractivity contribution in [1.29, 1.82) is 0 Å². The van der Waals surface area contributed by atoms with E-state index in [1.165, 1.54) is 17.1 Å². The van der Waals surface area contributed by atoms with E-state index in [9.17, 15) is 14.7 Å². The lowest BCUT2D eigenvalue weighted by atomic mass is 10.1. The molecule has 0 radical (unpaired) electrons. The molecule has 0 unspecified atom stereocenters. The highest BCUT2D eigenvalue weighted by molar-refractivity contribution is 6.34. The summed E-state index contributed by atoms with van der Waals surface area (Å²) in [5, 5.41) is 14.8. The number of nitrogens with zero attached hydrogens (tertiary/aromatic N) is 2. The standard InChI is InChI=1S/C22H21ClN2O5/c1-4-29-19-9-6-14(11-20(19)30-5-2)10-16-13(3)24-25(21(16)26)15-7-8-18(23)17(12-15)22(27)28/h6-12H,4-5H2,1-3H3,(H,27,28)/b16-10-. The van der Waals surface area contributed by atoms with E-state index in [-0.39, 0.29) is 16.5 Å². The molecule has 0 aliphatic carbocycles. The highest BCUT2D eigenvalue weighted by Crippen LogP contribution is 2.32. The number of carboxylic acids is 1. The molecular formula is C22H21ClN2O5. The highest BCUT2D eigenvalue weighted by atomic mass is 35.5. The molecule has 0 atom stereocenters. The van der Waals surface area contributed by atoms with Crippen molar-refractivity contribution in [2.45, 2.75) is 20.8 Å². The third-order valence-electron chi connectivity index (χ3n) is 4.37. The number of anilines is 1. The first-order valence-corrected chi connectivity index (χ1v) is 9.77. The van der Waals surface area contributed by atoms with Gasteiger partial charge in [-0.1, -0.05) is 17.7 Å². The van der Waals surface area contributed by atoms with Gasteiger partial charge in [-0.25, -0.2) is 4.79 Å². The van der Waals surface area contributed by atoms with Gasteiger partial charge in [-0.05, 0) is 62.7 Å². The van der Waals surface area contributed by atoms with Crippen LogP contribution in [0.3, 0.4) is 0 Å². The molecule has 2 aromatic carbocycles. The second-order valence-electron chi connectivity index (χ2n) is 6.40. The van der Waals surface area contributed by atoms with Gasteiger partial charge < -0.3 is 14.6 Å². The summed E-state index contributed by atoms with van der Waals surface area (Å²) in [5.74, 6) is -0.316. The summed E-state index contributed by atoms with van der Waals surface area (Å²) in [6.07, 6.45) is 1.72. The molecule has 1 aliphatic rings. The molecule has 0 aromatic heterocycles. The summed E-state index contributed by atoms with van der Waals surface area (Å²) in [6, 6.07) is 9.73. The first-order chi connectivity index (χ1) is 14.3. The Bertz CT molecular complexity index is 1060. The van der Waals surface area contributed by atoms with Crippen molar-refractivity contribution in [3.05, 3.63) is 58.1 Å². The van der Waals surface area contributed by atoms with Gasteiger partial charge in [0.15, 0.2) is 11.5 Å². The molecule has 1 aliphatic heterocycles. The van der Waals surface area contributed by atoms with Gasteiger partial charge in [0.1, 0.15) is 0 Å². The molecule has 0 saturated heterocycles. The average molecular weight is 429 g/mol. The number of carbonyl (C=O) groups excluding carboxylic acids is 1. The molecule has 30 heavy (non-hydrogen) atoms. The molecule has 0 saturated carbocycles. The van der Waals surface area contributed by atoms with Gasteiger partial charge in [0, 0.05) is 0 Å². The molecule has 1 N–H and O–H groups in total. The number of hydrogen-bond donors (Lipinski definition) is 1. The van der Waals surface area contributed by atoms with Crippen LogP contribution >= 0.6 is 11.6 Å². The fourth-order valence-electron chi connectivity index (χ4n) is 2.99. The van der Waals surface area contributed by atoms with Crippen LogP contribution in [0, 0.1) is 0 Å². The molecule has 3 rings (SSSR count). The minimum Gasteiger partial charge on any atom is -0.490 e. The van der Waals surface area contributed by atoms with Crippen LogP contribution in [-0.4, -0.2) is 35.9 Å². The lowest BCUT2D eigenvalue weighted by Gasteiger charge is -2.13. The van der Waals surface area contributed by atoms with Gasteiger partial charge in [-0.2, -0.15) is 10.1 Å². The smallest absolute Gasteiger partial charge is 0.337 e. The Balaban J connectivity index is 1.94. The monoisotopic (exact) mass is 428 g/mol. The van der Waals surface area contributed by atoms with E-state index in [1.54, 1.807) is 31.2 Å². The van der Waals surface area contributed by atoms with E-state index < -0.39 is 5.97 Å². The van der Waals surface area contributed by atoms with Gasteiger partial charge in [-0.15, -0.1) is 0 Å². The van der Waals surface area contributed by atoms with Crippen LogP contribution in [0.5, 0.6) is 11.5 Å². The van der Waals surface area contributed by atoms with Gasteiger partial charge in [0.2, 0.25) is 0 Å². The van der Waals surface area contributed by atoms with Gasteiger partial charge in [-0.3, -0.25) is 4.79 Å². The lowest BCUT2D eigenvalue weighted by molar-refractivity contribution is -0.114. The maximum Gasteiger partial charge on any atom is 0.337 e. The van der Waals surface area contributed by atoms with Crippen molar-refractivity contribution in [2.75, 3.05) is 18.2 Å². The van der Waals surface area contributed by atoms with E-state index in [0.717, 1.165) is 5.56 Å². The quantitative estimate of drug-likeness (QED) is 0.649. The molecule has 1 heterocycles. The number of rotatable bonds is 7. The third kappa shape index (κ3) is 4.31. The summed E-state index contributed by atoms with van der Waals surface area (Å²) >= 11 is 5.92. The lowest BCUT2D eigenvalue weighted by Crippen LogP contribution is -2.21. The number of halogens is 1. The summed E-state index contributed by atoms with van der Waals surface area (Å²) < 4.78 is 11.2. The predicted octanol–water partition coefficient (Wildman–Crippen LogP) is 4.64. The molecule has 156 valence electrons. The van der Waals surface area contributed by atoms with Crippen LogP contribution < -0.4 is 14.5 Å². The van der Waals surface area contributed by atoms with Gasteiger partial charge >= 0.3 is 5.97 Å². The predicted molar refractivity (Wildman–Crippen MR) is 116 cm³/mol. The topological polar surface area (TPSA) is 88.4 Å². The third-order valence-corrected chi connectivity index (χ3v) is 4.70. The molecule has 2 aromatic rings. The number of carboxylic acid groups (broad SMARTS) is 1. The fraction of sp³-hybridized carbons (Fsp3) is 0.227. The van der Waals surface area contributed by atoms with E-state index in [4.69, 9.17) is 21.1 Å². The van der Waals surface area contributed by atoms with Crippen molar-refractivity contribution < 1.29 is 24.2 Å². The summed E-state index contributed by atoms with van der Waals surface area (Å²) in [4.78, 5) is 24.3. The van der Waals surface area contributed by atoms with Crippen molar-refractivity contribution in [3.63, 3.8) is 0 Å². The Morgan fingerprint density at radius 2 is 1.83 bits per heavy atom. The van der Waals surface area contributed by atoms with Crippen molar-refractivity contribution in [2.24, 2.45) is 5.10 Å². The first kappa shape index (κ1) is 21.4. The van der Waals surface area contributed by atoms with E-state index >= 15 is 0 Å². The first-order valence-electron chi connectivity index (χ1n) is 9.39. The molecule has 8 heteroatoms. The second-order valence-corrected chi connectivity index (χ2v) is 6.81. The largest absolute Gasteiger partial charge is 0.490 e. The molecule has 0 fully saturated rings. The molecular weight excluding hydrogens is 408 g/mol. The summed E-state index contributed by atoms with van der Waals surface area (Å²) in [5.41, 5.74) is 1.89. The number of benzene rings is 2. The van der Waals surface area contributed by atoms with Crippen LogP contribution in [0.2, 0.25) is 5.02 Å². The molecule has 7 nitrogen and oxygen atoms in total. The van der Waals surface area contributed by atoms with Crippen molar-refractivity contribution in [3.8, 4) is 11.5 Å². The maximum atomic E-state index is 13.0. The fourth-order valence-corrected chi connectivity index (χ4v) is 3.19. The van der Waals surface area contributed by atoms with E-state index in [0.29, 0.717) is 41.7 Å². The molecule has 0 spiro atoms. The van der Waals surface area contributed by atoms with Gasteiger partial charge in [0.25, 0.3) is 5.91 Å². The maximum absolute atomic E-state index is 13.0. The van der Waals surface area contributed by atoms with Gasteiger partial charge in [0.05, 0.1) is 40.8 Å². The van der Waals surface area contributed by atoms with Crippen molar-refractivity contribution in [1.82, 2.24) is 0 Å². The minimum absolute atomic E-state index is 0.0900. The summed E-state index contributed by atoms with van der Waals surface area (Å²) in [6.45, 7) is 6.49. The summed E-state index contributed by atoms with van der Waals surface area (Å²) in [7, 11) is 0. The molecule has 0 bridgehead atoms. The zero-order valence-electron chi connectivity index (χ0n) is 16.8. The zero-order chi connectivity index (χ0) is 21.8. The van der Waals surface area contributed by atoms with Crippen molar-refractivity contribution >= 4 is 41.0 Å². The van der Waals surface area contributed by atoms with Crippen LogP contribution in [0.4, 0.5) is 5.69 Å². The Morgan fingerprint density at radius 1 is 1.13 bits per heavy atom. The Labute approximate surface area is 179 Å². The van der Waals surface area contributed by atoms with E-state index in [2.05, 4.69) is 5.10 Å². The number of aromatic carboxylic acids is 1. The Morgan fingerprint density at radius 3 is 2.50 bits per heavy atom. The number of amides is 1. The second kappa shape index (κ2) is 9.00. The van der Waals surface area contributed by atoms with Crippen LogP contribution in [-0.2, 0) is 4.79 Å². The Kier molecular flexibility index (Phi) is 6.42. The zero-order valence-corrected chi connectivity index (χ0v) is 17.6. The van der Waals surface area contributed by atoms with Crippen LogP contribution in [0.1, 0.15) is 36.7 Å². The van der Waals surface area contributed by atoms with Crippen LogP contribution in [0.25, 0.3) is 6.08 Å². The number of carbonyl (C=O) groups is 2. The number of ether oxygens (including phenoxy) is 2. The number of hydrogen-bond acceptors (Lipinski definition) is 5. The highest BCUT2D eigenvalue weighted by Gasteiger charge is 2.29. The van der Waals surface area contributed by atoms with Crippen LogP contribution in [0.15, 0.2) is 47.1 Å².